The first kappa shape index (κ1) is 13.8. The summed E-state index contributed by atoms with van der Waals surface area (Å²) in [5.41, 5.74) is 4.84. The fourth-order valence-corrected chi connectivity index (χ4v) is 1.54. The van der Waals surface area contributed by atoms with E-state index in [0.29, 0.717) is 0 Å². The second-order valence-corrected chi connectivity index (χ2v) is 3.87. The van der Waals surface area contributed by atoms with Gasteiger partial charge in [0.15, 0.2) is 0 Å². The molecule has 0 radical (unpaired) electrons. The first-order valence-corrected chi connectivity index (χ1v) is 4.92. The molecule has 0 spiro atoms. The van der Waals surface area contributed by atoms with Crippen molar-refractivity contribution in [3.63, 3.8) is 0 Å². The molecule has 94 valence electrons. The highest BCUT2D eigenvalue weighted by atomic mass is 35.5. The molecule has 0 saturated carbocycles. The predicted octanol–water partition coefficient (Wildman–Crippen LogP) is 2.40. The van der Waals surface area contributed by atoms with Crippen molar-refractivity contribution in [1.29, 1.82) is 0 Å². The fourth-order valence-electron chi connectivity index (χ4n) is 1.41. The van der Waals surface area contributed by atoms with Crippen LogP contribution in [0.4, 0.5) is 13.2 Å². The van der Waals surface area contributed by atoms with Gasteiger partial charge in [0.2, 0.25) is 0 Å². The standard InChI is InChI=1S/C10H9ClF3NO2/c11-6-3-1-5(2-4-6)7(10(12,13)14)8(15)9(16)17/h1-4,7-8H,15H2,(H,16,17). The summed E-state index contributed by atoms with van der Waals surface area (Å²) in [4.78, 5) is 10.6. The van der Waals surface area contributed by atoms with Crippen molar-refractivity contribution in [1.82, 2.24) is 0 Å². The molecule has 7 heteroatoms. The van der Waals surface area contributed by atoms with Crippen molar-refractivity contribution in [3.05, 3.63) is 34.9 Å². The van der Waals surface area contributed by atoms with E-state index >= 15 is 0 Å². The van der Waals surface area contributed by atoms with Crippen LogP contribution in [0.1, 0.15) is 11.5 Å². The Morgan fingerprint density at radius 1 is 1.29 bits per heavy atom. The molecule has 0 heterocycles. The van der Waals surface area contributed by atoms with Crippen LogP contribution >= 0.6 is 11.6 Å². The molecule has 2 unspecified atom stereocenters. The van der Waals surface area contributed by atoms with Crippen LogP contribution in [-0.4, -0.2) is 23.3 Å². The highest BCUT2D eigenvalue weighted by molar-refractivity contribution is 6.30. The van der Waals surface area contributed by atoms with Crippen LogP contribution in [-0.2, 0) is 4.79 Å². The van der Waals surface area contributed by atoms with E-state index in [1.165, 1.54) is 12.1 Å². The molecule has 0 saturated heterocycles. The smallest absolute Gasteiger partial charge is 0.397 e. The van der Waals surface area contributed by atoms with Crippen LogP contribution in [0.5, 0.6) is 0 Å². The molecule has 0 aromatic heterocycles. The van der Waals surface area contributed by atoms with Gasteiger partial charge in [-0.2, -0.15) is 13.2 Å². The molecule has 0 fully saturated rings. The second-order valence-electron chi connectivity index (χ2n) is 3.43. The first-order valence-electron chi connectivity index (χ1n) is 4.54. The Labute approximate surface area is 100.0 Å². The molecule has 1 aromatic rings. The van der Waals surface area contributed by atoms with E-state index in [-0.39, 0.29) is 10.6 Å². The van der Waals surface area contributed by atoms with Gasteiger partial charge in [-0.3, -0.25) is 4.79 Å². The van der Waals surface area contributed by atoms with Crippen molar-refractivity contribution in [2.75, 3.05) is 0 Å². The van der Waals surface area contributed by atoms with Gasteiger partial charge in [-0.05, 0) is 17.7 Å². The summed E-state index contributed by atoms with van der Waals surface area (Å²) in [6.45, 7) is 0. The summed E-state index contributed by atoms with van der Waals surface area (Å²) in [5.74, 6) is -3.96. The van der Waals surface area contributed by atoms with Crippen molar-refractivity contribution < 1.29 is 23.1 Å². The lowest BCUT2D eigenvalue weighted by Gasteiger charge is -2.23. The van der Waals surface area contributed by atoms with E-state index in [9.17, 15) is 18.0 Å². The van der Waals surface area contributed by atoms with Gasteiger partial charge in [0.1, 0.15) is 12.0 Å². The summed E-state index contributed by atoms with van der Waals surface area (Å²) in [5, 5.41) is 8.84. The number of carboxylic acids is 1. The van der Waals surface area contributed by atoms with Crippen LogP contribution in [0.3, 0.4) is 0 Å². The molecule has 1 rings (SSSR count). The number of halogens is 4. The molecule has 0 aliphatic heterocycles. The Bertz CT molecular complexity index is 405. The van der Waals surface area contributed by atoms with E-state index < -0.39 is 24.1 Å². The fraction of sp³-hybridized carbons (Fsp3) is 0.300. The number of carbonyl (C=O) groups is 1. The van der Waals surface area contributed by atoms with Crippen LogP contribution < -0.4 is 5.73 Å². The van der Waals surface area contributed by atoms with Gasteiger partial charge < -0.3 is 10.8 Å². The highest BCUT2D eigenvalue weighted by Gasteiger charge is 2.47. The van der Waals surface area contributed by atoms with Gasteiger partial charge in [-0.1, -0.05) is 23.7 Å². The normalized spacial score (nSPS) is 15.4. The number of alkyl halides is 3. The maximum absolute atomic E-state index is 12.7. The summed E-state index contributed by atoms with van der Waals surface area (Å²) >= 11 is 5.54. The Balaban J connectivity index is 3.15. The van der Waals surface area contributed by atoms with Gasteiger partial charge in [0.25, 0.3) is 0 Å². The largest absolute Gasteiger partial charge is 0.480 e. The third kappa shape index (κ3) is 3.34. The van der Waals surface area contributed by atoms with Crippen LogP contribution in [0.15, 0.2) is 24.3 Å². The molecule has 1 aromatic carbocycles. The average molecular weight is 268 g/mol. The van der Waals surface area contributed by atoms with Gasteiger partial charge in [0.05, 0.1) is 0 Å². The van der Waals surface area contributed by atoms with Gasteiger partial charge in [0, 0.05) is 5.02 Å². The summed E-state index contributed by atoms with van der Waals surface area (Å²) in [6, 6.07) is 2.69. The molecule has 2 atom stereocenters. The number of aliphatic carboxylic acids is 1. The van der Waals surface area contributed by atoms with Crippen LogP contribution in [0, 0.1) is 0 Å². The maximum atomic E-state index is 12.7. The van der Waals surface area contributed by atoms with Gasteiger partial charge in [-0.25, -0.2) is 0 Å². The molecule has 17 heavy (non-hydrogen) atoms. The molecule has 0 aliphatic rings. The number of carboxylic acid groups (broad SMARTS) is 1. The molecule has 3 nitrogen and oxygen atoms in total. The van der Waals surface area contributed by atoms with E-state index in [1.807, 2.05) is 0 Å². The SMILES string of the molecule is NC(C(=O)O)C(c1ccc(Cl)cc1)C(F)(F)F. The third-order valence-corrected chi connectivity index (χ3v) is 2.48. The Morgan fingerprint density at radius 3 is 2.12 bits per heavy atom. The lowest BCUT2D eigenvalue weighted by molar-refractivity contribution is -0.167. The average Bonchev–Trinajstić information content (AvgIpc) is 2.19. The Hall–Kier alpha value is -1.27. The molecule has 3 N–H and O–H groups in total. The van der Waals surface area contributed by atoms with Crippen molar-refractivity contribution >= 4 is 17.6 Å². The Kier molecular flexibility index (Phi) is 4.00. The maximum Gasteiger partial charge on any atom is 0.397 e. The first-order chi connectivity index (χ1) is 7.73. The van der Waals surface area contributed by atoms with E-state index in [2.05, 4.69) is 0 Å². The van der Waals surface area contributed by atoms with E-state index in [1.54, 1.807) is 0 Å². The van der Waals surface area contributed by atoms with Crippen molar-refractivity contribution in [2.24, 2.45) is 5.73 Å². The van der Waals surface area contributed by atoms with E-state index in [4.69, 9.17) is 22.4 Å². The summed E-state index contributed by atoms with van der Waals surface area (Å²) in [7, 11) is 0. The zero-order chi connectivity index (χ0) is 13.2. The summed E-state index contributed by atoms with van der Waals surface area (Å²) in [6.07, 6.45) is -4.73. The van der Waals surface area contributed by atoms with Gasteiger partial charge in [-0.15, -0.1) is 0 Å². The van der Waals surface area contributed by atoms with Crippen molar-refractivity contribution in [3.8, 4) is 0 Å². The molecular weight excluding hydrogens is 259 g/mol. The number of hydrogen-bond donors (Lipinski definition) is 2. The predicted molar refractivity (Wildman–Crippen MR) is 55.9 cm³/mol. The number of rotatable bonds is 3. The zero-order valence-corrected chi connectivity index (χ0v) is 9.16. The van der Waals surface area contributed by atoms with Crippen molar-refractivity contribution in [2.45, 2.75) is 18.1 Å². The molecule has 0 aliphatic carbocycles. The minimum Gasteiger partial charge on any atom is -0.480 e. The topological polar surface area (TPSA) is 63.3 Å². The minimum absolute atomic E-state index is 0.225. The lowest BCUT2D eigenvalue weighted by atomic mass is 9.91. The molecular formula is C10H9ClF3NO2. The quantitative estimate of drug-likeness (QED) is 0.884. The lowest BCUT2D eigenvalue weighted by Crippen LogP contribution is -2.43. The second kappa shape index (κ2) is 4.93. The van der Waals surface area contributed by atoms with E-state index in [0.717, 1.165) is 12.1 Å². The monoisotopic (exact) mass is 267 g/mol. The van der Waals surface area contributed by atoms with Crippen LogP contribution in [0.25, 0.3) is 0 Å². The molecule has 0 amide bonds. The third-order valence-electron chi connectivity index (χ3n) is 2.23. The zero-order valence-electron chi connectivity index (χ0n) is 8.41. The summed E-state index contributed by atoms with van der Waals surface area (Å²) < 4.78 is 38.2. The number of benzene rings is 1. The Morgan fingerprint density at radius 2 is 1.76 bits per heavy atom. The van der Waals surface area contributed by atoms with Crippen LogP contribution in [0.2, 0.25) is 5.02 Å². The molecule has 0 bridgehead atoms. The minimum atomic E-state index is -4.73. The highest BCUT2D eigenvalue weighted by Crippen LogP contribution is 2.37. The number of nitrogens with two attached hydrogens (primary N) is 1. The number of hydrogen-bond acceptors (Lipinski definition) is 2. The van der Waals surface area contributed by atoms with Gasteiger partial charge >= 0.3 is 12.1 Å².